The summed E-state index contributed by atoms with van der Waals surface area (Å²) in [6, 6.07) is 12.4. The van der Waals surface area contributed by atoms with Gasteiger partial charge >= 0.3 is 0 Å². The first-order valence-corrected chi connectivity index (χ1v) is 10.9. The van der Waals surface area contributed by atoms with Gasteiger partial charge in [-0.05, 0) is 53.8 Å². The fraction of sp³-hybridized carbons (Fsp3) is 0.120. The fourth-order valence-electron chi connectivity index (χ4n) is 3.88. The first kappa shape index (κ1) is 21.8. The molecule has 0 radical (unpaired) electrons. The number of carbonyl (C=O) groups is 1. The molecule has 0 atom stereocenters. The number of hydrogen-bond donors (Lipinski definition) is 2. The highest BCUT2D eigenvalue weighted by atomic mass is 35.5. The van der Waals surface area contributed by atoms with E-state index in [9.17, 15) is 9.18 Å². The van der Waals surface area contributed by atoms with Gasteiger partial charge in [0, 0.05) is 36.1 Å². The minimum atomic E-state index is -0.460. The number of nitrogen functional groups attached to an aromatic ring is 1. The molecule has 0 saturated carbocycles. The predicted octanol–water partition coefficient (Wildman–Crippen LogP) is 4.97. The van der Waals surface area contributed by atoms with E-state index in [4.69, 9.17) is 21.8 Å². The molecule has 0 bridgehead atoms. The van der Waals surface area contributed by atoms with Crippen molar-refractivity contribution in [3.05, 3.63) is 94.2 Å². The van der Waals surface area contributed by atoms with Crippen molar-refractivity contribution in [3.8, 4) is 0 Å². The average molecular weight is 476 g/mol. The van der Waals surface area contributed by atoms with Crippen LogP contribution in [0.15, 0.2) is 59.3 Å². The Kier molecular flexibility index (Phi) is 5.59. The van der Waals surface area contributed by atoms with Crippen molar-refractivity contribution in [2.24, 2.45) is 0 Å². The van der Waals surface area contributed by atoms with E-state index in [0.29, 0.717) is 39.9 Å². The Morgan fingerprint density at radius 2 is 1.94 bits per heavy atom. The molecule has 2 aromatic carbocycles. The molecule has 0 spiro atoms. The van der Waals surface area contributed by atoms with Crippen molar-refractivity contribution in [2.45, 2.75) is 19.9 Å². The van der Waals surface area contributed by atoms with Crippen LogP contribution < -0.4 is 11.1 Å². The second-order valence-electron chi connectivity index (χ2n) is 7.94. The molecule has 5 aromatic rings. The Morgan fingerprint density at radius 3 is 2.79 bits per heavy atom. The van der Waals surface area contributed by atoms with Gasteiger partial charge in [0.05, 0.1) is 10.7 Å². The standard InChI is InChI=1S/C25H19ClFN5O2/c1-13-23(25(33)31-11-14-2-3-19-16(6-14)4-5-29-24(19)28)34-21(32-13)9-15-7-17-10-18(26)12-30-22(17)20(27)8-15/h2-8,10,12H,9,11H2,1H3,(H2,28,29)(H,31,33). The number of aryl methyl sites for hydroxylation is 1. The number of carbonyl (C=O) groups excluding carboxylic acids is 1. The zero-order valence-corrected chi connectivity index (χ0v) is 18.9. The van der Waals surface area contributed by atoms with Crippen LogP contribution in [-0.4, -0.2) is 20.9 Å². The number of aromatic nitrogens is 3. The molecule has 34 heavy (non-hydrogen) atoms. The topological polar surface area (TPSA) is 107 Å². The number of halogens is 2. The minimum absolute atomic E-state index is 0.121. The van der Waals surface area contributed by atoms with Gasteiger partial charge in [0.15, 0.2) is 5.89 Å². The van der Waals surface area contributed by atoms with E-state index >= 15 is 0 Å². The van der Waals surface area contributed by atoms with Crippen LogP contribution in [-0.2, 0) is 13.0 Å². The summed E-state index contributed by atoms with van der Waals surface area (Å²) >= 11 is 5.98. The van der Waals surface area contributed by atoms with Gasteiger partial charge < -0.3 is 15.5 Å². The number of oxazole rings is 1. The molecule has 170 valence electrons. The zero-order valence-electron chi connectivity index (χ0n) is 18.1. The molecule has 1 amide bonds. The van der Waals surface area contributed by atoms with Gasteiger partial charge in [-0.3, -0.25) is 9.78 Å². The normalized spacial score (nSPS) is 11.3. The molecule has 0 saturated heterocycles. The third-order valence-electron chi connectivity index (χ3n) is 5.48. The molecule has 5 rings (SSSR count). The van der Waals surface area contributed by atoms with Crippen LogP contribution >= 0.6 is 11.6 Å². The number of pyridine rings is 2. The van der Waals surface area contributed by atoms with Crippen LogP contribution in [0.3, 0.4) is 0 Å². The molecule has 0 aliphatic rings. The fourth-order valence-corrected chi connectivity index (χ4v) is 4.04. The number of amides is 1. The van der Waals surface area contributed by atoms with Gasteiger partial charge in [-0.2, -0.15) is 0 Å². The van der Waals surface area contributed by atoms with E-state index in [1.165, 1.54) is 12.3 Å². The van der Waals surface area contributed by atoms with Gasteiger partial charge in [0.1, 0.15) is 17.2 Å². The smallest absolute Gasteiger partial charge is 0.289 e. The summed E-state index contributed by atoms with van der Waals surface area (Å²) in [6.07, 6.45) is 3.26. The highest BCUT2D eigenvalue weighted by Gasteiger charge is 2.18. The molecule has 9 heteroatoms. The second-order valence-corrected chi connectivity index (χ2v) is 8.37. The van der Waals surface area contributed by atoms with E-state index in [2.05, 4.69) is 20.3 Å². The first-order chi connectivity index (χ1) is 16.4. The monoisotopic (exact) mass is 475 g/mol. The quantitative estimate of drug-likeness (QED) is 0.371. The maximum Gasteiger partial charge on any atom is 0.289 e. The number of anilines is 1. The molecule has 3 N–H and O–H groups in total. The van der Waals surface area contributed by atoms with Crippen molar-refractivity contribution in [1.29, 1.82) is 0 Å². The van der Waals surface area contributed by atoms with Crippen molar-refractivity contribution in [3.63, 3.8) is 0 Å². The molecule has 0 aliphatic carbocycles. The number of fused-ring (bicyclic) bond motifs is 2. The highest BCUT2D eigenvalue weighted by Crippen LogP contribution is 2.24. The number of nitrogens with zero attached hydrogens (tertiary/aromatic N) is 3. The second kappa shape index (κ2) is 8.72. The average Bonchev–Trinajstić information content (AvgIpc) is 3.17. The van der Waals surface area contributed by atoms with E-state index < -0.39 is 5.82 Å². The Labute approximate surface area is 198 Å². The lowest BCUT2D eigenvalue weighted by Gasteiger charge is -2.06. The van der Waals surface area contributed by atoms with Crippen molar-refractivity contribution in [1.82, 2.24) is 20.3 Å². The lowest BCUT2D eigenvalue weighted by molar-refractivity contribution is 0.0920. The third kappa shape index (κ3) is 4.27. The van der Waals surface area contributed by atoms with E-state index in [-0.39, 0.29) is 23.6 Å². The van der Waals surface area contributed by atoms with Gasteiger partial charge in [-0.15, -0.1) is 0 Å². The number of nitrogens with two attached hydrogens (primary N) is 1. The van der Waals surface area contributed by atoms with E-state index in [1.807, 2.05) is 24.3 Å². The summed E-state index contributed by atoms with van der Waals surface area (Å²) in [7, 11) is 0. The SMILES string of the molecule is Cc1nc(Cc2cc(F)c3ncc(Cl)cc3c2)oc1C(=O)NCc1ccc2c(N)nccc2c1. The number of rotatable bonds is 5. The molecular formula is C25H19ClFN5O2. The van der Waals surface area contributed by atoms with Gasteiger partial charge in [-0.25, -0.2) is 14.4 Å². The molecule has 0 aliphatic heterocycles. The maximum absolute atomic E-state index is 14.4. The summed E-state index contributed by atoms with van der Waals surface area (Å²) in [5.74, 6) is 0.0495. The summed E-state index contributed by atoms with van der Waals surface area (Å²) in [5, 5.41) is 5.65. The van der Waals surface area contributed by atoms with Crippen molar-refractivity contribution >= 4 is 45.0 Å². The number of hydrogen-bond acceptors (Lipinski definition) is 6. The minimum Gasteiger partial charge on any atom is -0.435 e. The number of benzene rings is 2. The van der Waals surface area contributed by atoms with Crippen LogP contribution in [0.4, 0.5) is 10.2 Å². The maximum atomic E-state index is 14.4. The number of nitrogens with one attached hydrogen (secondary N) is 1. The van der Waals surface area contributed by atoms with E-state index in [0.717, 1.165) is 16.3 Å². The first-order valence-electron chi connectivity index (χ1n) is 10.5. The Balaban J connectivity index is 1.31. The summed E-state index contributed by atoms with van der Waals surface area (Å²) in [5.41, 5.74) is 8.12. The molecule has 0 fully saturated rings. The largest absolute Gasteiger partial charge is 0.435 e. The van der Waals surface area contributed by atoms with Crippen LogP contribution in [0, 0.1) is 12.7 Å². The van der Waals surface area contributed by atoms with Crippen molar-refractivity contribution in [2.75, 3.05) is 5.73 Å². The van der Waals surface area contributed by atoms with Gasteiger partial charge in [0.2, 0.25) is 5.76 Å². The van der Waals surface area contributed by atoms with Crippen LogP contribution in [0.5, 0.6) is 0 Å². The Hall–Kier alpha value is -4.04. The molecule has 3 heterocycles. The molecule has 3 aromatic heterocycles. The summed E-state index contributed by atoms with van der Waals surface area (Å²) in [4.78, 5) is 25.2. The Morgan fingerprint density at radius 1 is 1.12 bits per heavy atom. The summed E-state index contributed by atoms with van der Waals surface area (Å²) < 4.78 is 20.2. The third-order valence-corrected chi connectivity index (χ3v) is 5.68. The van der Waals surface area contributed by atoms with E-state index in [1.54, 1.807) is 25.3 Å². The molecular weight excluding hydrogens is 457 g/mol. The molecule has 7 nitrogen and oxygen atoms in total. The van der Waals surface area contributed by atoms with Gasteiger partial charge in [0.25, 0.3) is 5.91 Å². The van der Waals surface area contributed by atoms with Gasteiger partial charge in [-0.1, -0.05) is 23.7 Å². The lowest BCUT2D eigenvalue weighted by atomic mass is 10.1. The predicted molar refractivity (Wildman–Crippen MR) is 128 cm³/mol. The van der Waals surface area contributed by atoms with Crippen LogP contribution in [0.25, 0.3) is 21.7 Å². The van der Waals surface area contributed by atoms with Crippen LogP contribution in [0.2, 0.25) is 5.02 Å². The highest BCUT2D eigenvalue weighted by molar-refractivity contribution is 6.31. The summed E-state index contributed by atoms with van der Waals surface area (Å²) in [6.45, 7) is 1.99. The zero-order chi connectivity index (χ0) is 23.8. The molecule has 0 unspecified atom stereocenters. The van der Waals surface area contributed by atoms with Crippen LogP contribution in [0.1, 0.15) is 33.3 Å². The Bertz CT molecular complexity index is 1570. The lowest BCUT2D eigenvalue weighted by Crippen LogP contribution is -2.23. The van der Waals surface area contributed by atoms with Crippen molar-refractivity contribution < 1.29 is 13.6 Å².